The molecule has 0 aliphatic carbocycles. The standard InChI is InChI=1S/C8H17S/c1-4-5-6-8(9)7(2)3/h7-8H,4-6H2,1-3H3. The summed E-state index contributed by atoms with van der Waals surface area (Å²) in [4.78, 5) is 0. The van der Waals surface area contributed by atoms with Crippen molar-refractivity contribution >= 4 is 12.6 Å². The summed E-state index contributed by atoms with van der Waals surface area (Å²) in [5.41, 5.74) is 0. The molecule has 9 heavy (non-hydrogen) atoms. The van der Waals surface area contributed by atoms with Crippen molar-refractivity contribution in [3.05, 3.63) is 0 Å². The molecule has 0 fully saturated rings. The van der Waals surface area contributed by atoms with Gasteiger partial charge < -0.3 is 0 Å². The molecule has 0 aromatic carbocycles. The maximum absolute atomic E-state index is 5.23. The van der Waals surface area contributed by atoms with E-state index in [0.29, 0.717) is 11.2 Å². The molecule has 1 unspecified atom stereocenters. The third kappa shape index (κ3) is 4.83. The highest BCUT2D eigenvalue weighted by Gasteiger charge is 2.06. The van der Waals surface area contributed by atoms with Crippen LogP contribution in [0.1, 0.15) is 40.0 Å². The van der Waals surface area contributed by atoms with Crippen LogP contribution in [0.5, 0.6) is 0 Å². The van der Waals surface area contributed by atoms with Gasteiger partial charge in [0.15, 0.2) is 0 Å². The smallest absolute Gasteiger partial charge is 0.0174 e. The van der Waals surface area contributed by atoms with E-state index in [2.05, 4.69) is 20.8 Å². The van der Waals surface area contributed by atoms with Gasteiger partial charge in [-0.3, -0.25) is 0 Å². The first kappa shape index (κ1) is 9.35. The second-order valence-corrected chi connectivity index (χ2v) is 3.53. The summed E-state index contributed by atoms with van der Waals surface area (Å²) >= 11 is 5.23. The van der Waals surface area contributed by atoms with Crippen LogP contribution in [0.25, 0.3) is 0 Å². The van der Waals surface area contributed by atoms with Crippen molar-refractivity contribution < 1.29 is 0 Å². The molecule has 0 bridgehead atoms. The molecule has 0 aromatic rings. The maximum atomic E-state index is 5.23. The van der Waals surface area contributed by atoms with Crippen LogP contribution >= 0.6 is 12.6 Å². The van der Waals surface area contributed by atoms with Gasteiger partial charge in [0, 0.05) is 5.25 Å². The van der Waals surface area contributed by atoms with Crippen molar-refractivity contribution in [3.8, 4) is 0 Å². The monoisotopic (exact) mass is 145 g/mol. The molecule has 0 aliphatic heterocycles. The summed E-state index contributed by atoms with van der Waals surface area (Å²) in [5.74, 6) is 0.687. The van der Waals surface area contributed by atoms with Gasteiger partial charge in [-0.15, -0.1) is 0 Å². The lowest BCUT2D eigenvalue weighted by atomic mass is 10.1. The Bertz CT molecular complexity index is 59.6. The van der Waals surface area contributed by atoms with Crippen LogP contribution in [0.4, 0.5) is 0 Å². The molecular weight excluding hydrogens is 128 g/mol. The summed E-state index contributed by atoms with van der Waals surface area (Å²) in [6, 6.07) is 0. The predicted octanol–water partition coefficient (Wildman–Crippen LogP) is 3.40. The van der Waals surface area contributed by atoms with E-state index >= 15 is 0 Å². The van der Waals surface area contributed by atoms with Gasteiger partial charge in [0.05, 0.1) is 0 Å². The average Bonchev–Trinajstić information content (AvgIpc) is 1.82. The first-order valence-corrected chi connectivity index (χ1v) is 4.31. The number of rotatable bonds is 4. The molecule has 0 N–H and O–H groups in total. The molecule has 0 aromatic heterocycles. The van der Waals surface area contributed by atoms with Crippen molar-refractivity contribution in [2.24, 2.45) is 5.92 Å². The number of hydrogen-bond acceptors (Lipinski definition) is 0. The van der Waals surface area contributed by atoms with Gasteiger partial charge in [0.25, 0.3) is 0 Å². The molecule has 0 amide bonds. The topological polar surface area (TPSA) is 0 Å². The Morgan fingerprint density at radius 2 is 1.89 bits per heavy atom. The van der Waals surface area contributed by atoms with Gasteiger partial charge in [0.2, 0.25) is 0 Å². The Balaban J connectivity index is 3.16. The van der Waals surface area contributed by atoms with Crippen molar-refractivity contribution in [1.82, 2.24) is 0 Å². The van der Waals surface area contributed by atoms with E-state index in [1.807, 2.05) is 0 Å². The average molecular weight is 145 g/mol. The second kappa shape index (κ2) is 5.16. The summed E-state index contributed by atoms with van der Waals surface area (Å²) < 4.78 is 0. The van der Waals surface area contributed by atoms with Gasteiger partial charge in [0.1, 0.15) is 0 Å². The van der Waals surface area contributed by atoms with E-state index < -0.39 is 0 Å². The van der Waals surface area contributed by atoms with Crippen molar-refractivity contribution in [2.75, 3.05) is 0 Å². The minimum atomic E-state index is 0.505. The highest BCUT2D eigenvalue weighted by Crippen LogP contribution is 2.15. The third-order valence-electron chi connectivity index (χ3n) is 1.59. The van der Waals surface area contributed by atoms with Crippen LogP contribution in [0.2, 0.25) is 0 Å². The summed E-state index contributed by atoms with van der Waals surface area (Å²) in [5, 5.41) is 0.505. The lowest BCUT2D eigenvalue weighted by Gasteiger charge is -2.11. The van der Waals surface area contributed by atoms with Gasteiger partial charge >= 0.3 is 0 Å². The van der Waals surface area contributed by atoms with E-state index in [9.17, 15) is 0 Å². The summed E-state index contributed by atoms with van der Waals surface area (Å²) in [7, 11) is 0. The highest BCUT2D eigenvalue weighted by molar-refractivity contribution is 7.81. The Labute approximate surface area is 64.4 Å². The Kier molecular flexibility index (Phi) is 5.36. The van der Waals surface area contributed by atoms with Gasteiger partial charge in [-0.05, 0) is 12.3 Å². The van der Waals surface area contributed by atoms with Gasteiger partial charge in [-0.25, -0.2) is 0 Å². The quantitative estimate of drug-likeness (QED) is 0.569. The van der Waals surface area contributed by atoms with E-state index in [4.69, 9.17) is 12.6 Å². The maximum Gasteiger partial charge on any atom is 0.0174 e. The zero-order chi connectivity index (χ0) is 7.28. The fraction of sp³-hybridized carbons (Fsp3) is 1.00. The lowest BCUT2D eigenvalue weighted by Crippen LogP contribution is -2.06. The molecule has 1 heteroatoms. The minimum Gasteiger partial charge on any atom is -0.0902 e. The molecule has 1 radical (unpaired) electrons. The van der Waals surface area contributed by atoms with E-state index in [0.717, 1.165) is 0 Å². The SMILES string of the molecule is CCCCC([S])C(C)C. The second-order valence-electron chi connectivity index (χ2n) is 2.92. The van der Waals surface area contributed by atoms with E-state index in [1.165, 1.54) is 19.3 Å². The van der Waals surface area contributed by atoms with E-state index in [-0.39, 0.29) is 0 Å². The van der Waals surface area contributed by atoms with E-state index in [1.54, 1.807) is 0 Å². The Hall–Kier alpha value is 0.350. The minimum absolute atomic E-state index is 0.505. The van der Waals surface area contributed by atoms with Crippen LogP contribution < -0.4 is 0 Å². The molecular formula is C8H17S. The third-order valence-corrected chi connectivity index (χ3v) is 2.37. The van der Waals surface area contributed by atoms with Crippen LogP contribution in [0.3, 0.4) is 0 Å². The molecule has 0 saturated heterocycles. The molecule has 0 nitrogen and oxygen atoms in total. The molecule has 55 valence electrons. The Morgan fingerprint density at radius 1 is 1.33 bits per heavy atom. The fourth-order valence-electron chi connectivity index (χ4n) is 0.739. The first-order chi connectivity index (χ1) is 4.18. The Morgan fingerprint density at radius 3 is 2.22 bits per heavy atom. The summed E-state index contributed by atoms with van der Waals surface area (Å²) in [6.07, 6.45) is 3.80. The number of hydrogen-bond donors (Lipinski definition) is 0. The molecule has 0 heterocycles. The van der Waals surface area contributed by atoms with Gasteiger partial charge in [-0.1, -0.05) is 46.2 Å². The predicted molar refractivity (Wildman–Crippen MR) is 45.7 cm³/mol. The van der Waals surface area contributed by atoms with Crippen LogP contribution in [-0.4, -0.2) is 5.25 Å². The van der Waals surface area contributed by atoms with Crippen molar-refractivity contribution in [3.63, 3.8) is 0 Å². The van der Waals surface area contributed by atoms with Crippen LogP contribution in [0, 0.1) is 5.92 Å². The number of unbranched alkanes of at least 4 members (excludes halogenated alkanes) is 1. The van der Waals surface area contributed by atoms with Crippen molar-refractivity contribution in [2.45, 2.75) is 45.3 Å². The fourth-order valence-corrected chi connectivity index (χ4v) is 0.905. The largest absolute Gasteiger partial charge is 0.0902 e. The first-order valence-electron chi connectivity index (χ1n) is 3.84. The van der Waals surface area contributed by atoms with Crippen LogP contribution in [0.15, 0.2) is 0 Å². The molecule has 0 rings (SSSR count). The molecule has 0 aliphatic rings. The lowest BCUT2D eigenvalue weighted by molar-refractivity contribution is 0.554. The zero-order valence-corrected chi connectivity index (χ0v) is 7.50. The summed E-state index contributed by atoms with van der Waals surface area (Å²) in [6.45, 7) is 6.61. The molecule has 1 atom stereocenters. The highest BCUT2D eigenvalue weighted by atomic mass is 32.1. The zero-order valence-electron chi connectivity index (χ0n) is 6.68. The molecule has 0 saturated carbocycles. The normalized spacial score (nSPS) is 14.3. The van der Waals surface area contributed by atoms with Crippen LogP contribution in [-0.2, 0) is 0 Å². The van der Waals surface area contributed by atoms with Crippen molar-refractivity contribution in [1.29, 1.82) is 0 Å². The molecule has 0 spiro atoms. The van der Waals surface area contributed by atoms with Gasteiger partial charge in [-0.2, -0.15) is 0 Å².